The van der Waals surface area contributed by atoms with Crippen LogP contribution in [0.25, 0.3) is 10.4 Å². The third-order valence-electron chi connectivity index (χ3n) is 4.15. The highest BCUT2D eigenvalue weighted by molar-refractivity contribution is 7.17. The van der Waals surface area contributed by atoms with E-state index in [0.717, 1.165) is 32.5 Å². The quantitative estimate of drug-likeness (QED) is 0.516. The molecule has 1 N–H and O–H groups in total. The van der Waals surface area contributed by atoms with Gasteiger partial charge in [0.25, 0.3) is 0 Å². The number of benzene rings is 1. The number of fused-ring (bicyclic) bond motifs is 1. The lowest BCUT2D eigenvalue weighted by molar-refractivity contribution is 0.318. The third-order valence-corrected chi connectivity index (χ3v) is 5.65. The number of aromatic nitrogens is 1. The SMILES string of the molecule is ON=C1CC(c2ccc(Cl)cc2)c2cc(-c3ccncc3)sc21. The van der Waals surface area contributed by atoms with Gasteiger partial charge in [-0.05, 0) is 47.0 Å². The van der Waals surface area contributed by atoms with Gasteiger partial charge < -0.3 is 5.21 Å². The minimum Gasteiger partial charge on any atom is -0.411 e. The van der Waals surface area contributed by atoms with Crippen molar-refractivity contribution in [2.45, 2.75) is 12.3 Å². The zero-order valence-electron chi connectivity index (χ0n) is 12.1. The molecule has 114 valence electrons. The maximum absolute atomic E-state index is 9.36. The van der Waals surface area contributed by atoms with E-state index in [1.807, 2.05) is 36.4 Å². The maximum Gasteiger partial charge on any atom is 0.0979 e. The first kappa shape index (κ1) is 14.4. The Hall–Kier alpha value is -2.17. The lowest BCUT2D eigenvalue weighted by atomic mass is 9.94. The number of thiophene rings is 1. The molecule has 23 heavy (non-hydrogen) atoms. The average Bonchev–Trinajstić information content (AvgIpc) is 3.16. The molecule has 2 heterocycles. The molecule has 1 aliphatic rings. The first-order chi connectivity index (χ1) is 11.3. The Morgan fingerprint density at radius 2 is 1.87 bits per heavy atom. The second-order valence-corrected chi connectivity index (χ2v) is 6.97. The van der Waals surface area contributed by atoms with Crippen molar-refractivity contribution in [2.75, 3.05) is 0 Å². The Morgan fingerprint density at radius 3 is 2.57 bits per heavy atom. The zero-order valence-corrected chi connectivity index (χ0v) is 13.7. The Bertz CT molecular complexity index is 872. The zero-order chi connectivity index (χ0) is 15.8. The first-order valence-electron chi connectivity index (χ1n) is 7.27. The summed E-state index contributed by atoms with van der Waals surface area (Å²) in [5.74, 6) is 0.208. The summed E-state index contributed by atoms with van der Waals surface area (Å²) >= 11 is 7.66. The minimum atomic E-state index is 0.208. The number of pyridine rings is 1. The van der Waals surface area contributed by atoms with Crippen LogP contribution < -0.4 is 0 Å². The molecule has 0 bridgehead atoms. The van der Waals surface area contributed by atoms with E-state index >= 15 is 0 Å². The average molecular weight is 341 g/mol. The summed E-state index contributed by atoms with van der Waals surface area (Å²) in [7, 11) is 0. The van der Waals surface area contributed by atoms with E-state index in [4.69, 9.17) is 11.6 Å². The molecule has 3 nitrogen and oxygen atoms in total. The Balaban J connectivity index is 1.80. The van der Waals surface area contributed by atoms with E-state index in [9.17, 15) is 5.21 Å². The molecule has 5 heteroatoms. The topological polar surface area (TPSA) is 45.5 Å². The van der Waals surface area contributed by atoms with Crippen molar-refractivity contribution in [1.82, 2.24) is 4.98 Å². The summed E-state index contributed by atoms with van der Waals surface area (Å²) in [6, 6.07) is 14.1. The fourth-order valence-electron chi connectivity index (χ4n) is 3.02. The predicted molar refractivity (Wildman–Crippen MR) is 93.8 cm³/mol. The van der Waals surface area contributed by atoms with Crippen molar-refractivity contribution in [3.8, 4) is 10.4 Å². The Morgan fingerprint density at radius 1 is 1.13 bits per heavy atom. The van der Waals surface area contributed by atoms with Crippen molar-refractivity contribution in [1.29, 1.82) is 0 Å². The van der Waals surface area contributed by atoms with Gasteiger partial charge in [-0.1, -0.05) is 28.9 Å². The van der Waals surface area contributed by atoms with Crippen LogP contribution >= 0.6 is 22.9 Å². The summed E-state index contributed by atoms with van der Waals surface area (Å²) in [6.45, 7) is 0. The highest BCUT2D eigenvalue weighted by Gasteiger charge is 2.32. The summed E-state index contributed by atoms with van der Waals surface area (Å²) in [5, 5.41) is 13.6. The van der Waals surface area contributed by atoms with Crippen molar-refractivity contribution in [3.05, 3.63) is 75.9 Å². The van der Waals surface area contributed by atoms with E-state index in [0.29, 0.717) is 0 Å². The van der Waals surface area contributed by atoms with Gasteiger partial charge in [-0.15, -0.1) is 11.3 Å². The number of nitrogens with zero attached hydrogens (tertiary/aromatic N) is 2. The molecule has 1 aromatic carbocycles. The Kier molecular flexibility index (Phi) is 3.63. The molecular formula is C18H13ClN2OS. The van der Waals surface area contributed by atoms with Gasteiger partial charge in [0, 0.05) is 34.6 Å². The molecule has 2 aromatic heterocycles. The largest absolute Gasteiger partial charge is 0.411 e. The summed E-state index contributed by atoms with van der Waals surface area (Å²) < 4.78 is 0. The number of hydrogen-bond donors (Lipinski definition) is 1. The maximum atomic E-state index is 9.36. The van der Waals surface area contributed by atoms with Gasteiger partial charge in [-0.25, -0.2) is 0 Å². The number of halogens is 1. The second-order valence-electron chi connectivity index (χ2n) is 5.49. The third kappa shape index (κ3) is 2.54. The molecule has 1 atom stereocenters. The highest BCUT2D eigenvalue weighted by Crippen LogP contribution is 2.45. The van der Waals surface area contributed by atoms with E-state index in [-0.39, 0.29) is 5.92 Å². The molecule has 4 rings (SSSR count). The lowest BCUT2D eigenvalue weighted by Gasteiger charge is -2.10. The molecule has 0 amide bonds. The van der Waals surface area contributed by atoms with Crippen LogP contribution in [-0.2, 0) is 0 Å². The molecule has 0 saturated carbocycles. The molecule has 0 fully saturated rings. The normalized spacial score (nSPS) is 18.3. The molecule has 0 saturated heterocycles. The van der Waals surface area contributed by atoms with Crippen molar-refractivity contribution < 1.29 is 5.21 Å². The van der Waals surface area contributed by atoms with Gasteiger partial charge in [-0.2, -0.15) is 0 Å². The molecule has 0 spiro atoms. The van der Waals surface area contributed by atoms with Crippen molar-refractivity contribution >= 4 is 28.6 Å². The number of oxime groups is 1. The van der Waals surface area contributed by atoms with Crippen LogP contribution in [0.3, 0.4) is 0 Å². The van der Waals surface area contributed by atoms with Crippen molar-refractivity contribution in [2.24, 2.45) is 5.16 Å². The van der Waals surface area contributed by atoms with E-state index in [2.05, 4.69) is 16.2 Å². The smallest absolute Gasteiger partial charge is 0.0979 e. The van der Waals surface area contributed by atoms with Gasteiger partial charge in [0.05, 0.1) is 10.6 Å². The standard InChI is InChI=1S/C18H13ClN2OS/c19-13-3-1-11(2-4-13)14-9-16(21-22)18-15(14)10-17(23-18)12-5-7-20-8-6-12/h1-8,10,14,22H,9H2. The minimum absolute atomic E-state index is 0.208. The van der Waals surface area contributed by atoms with Crippen LogP contribution in [0.2, 0.25) is 5.02 Å². The van der Waals surface area contributed by atoms with Gasteiger partial charge >= 0.3 is 0 Å². The molecule has 1 unspecified atom stereocenters. The number of rotatable bonds is 2. The van der Waals surface area contributed by atoms with E-state index in [1.54, 1.807) is 23.7 Å². The van der Waals surface area contributed by atoms with Crippen LogP contribution in [0.4, 0.5) is 0 Å². The molecular weight excluding hydrogens is 328 g/mol. The van der Waals surface area contributed by atoms with Crippen LogP contribution in [0.1, 0.15) is 28.3 Å². The van der Waals surface area contributed by atoms with Crippen LogP contribution in [0.5, 0.6) is 0 Å². The van der Waals surface area contributed by atoms with Gasteiger partial charge in [-0.3, -0.25) is 4.98 Å². The van der Waals surface area contributed by atoms with Gasteiger partial charge in [0.1, 0.15) is 0 Å². The van der Waals surface area contributed by atoms with Crippen LogP contribution in [0, 0.1) is 0 Å². The Labute approximate surface area is 142 Å². The highest BCUT2D eigenvalue weighted by atomic mass is 35.5. The van der Waals surface area contributed by atoms with Crippen LogP contribution in [-0.4, -0.2) is 15.9 Å². The fourth-order valence-corrected chi connectivity index (χ4v) is 4.37. The first-order valence-corrected chi connectivity index (χ1v) is 8.46. The van der Waals surface area contributed by atoms with Crippen molar-refractivity contribution in [3.63, 3.8) is 0 Å². The molecule has 0 radical (unpaired) electrons. The molecule has 1 aliphatic carbocycles. The van der Waals surface area contributed by atoms with E-state index < -0.39 is 0 Å². The molecule has 0 aliphatic heterocycles. The summed E-state index contributed by atoms with van der Waals surface area (Å²) in [6.07, 6.45) is 4.30. The second kappa shape index (κ2) is 5.80. The van der Waals surface area contributed by atoms with Gasteiger partial charge in [0.15, 0.2) is 0 Å². The lowest BCUT2D eigenvalue weighted by Crippen LogP contribution is -1.97. The van der Waals surface area contributed by atoms with E-state index in [1.165, 1.54) is 11.1 Å². The summed E-state index contributed by atoms with van der Waals surface area (Å²) in [5.41, 5.74) is 4.29. The monoisotopic (exact) mass is 340 g/mol. The predicted octanol–water partition coefficient (Wildman–Crippen LogP) is 5.18. The molecule has 3 aromatic rings. The fraction of sp³-hybridized carbons (Fsp3) is 0.111. The number of hydrogen-bond acceptors (Lipinski definition) is 4. The van der Waals surface area contributed by atoms with Gasteiger partial charge in [0.2, 0.25) is 0 Å². The van der Waals surface area contributed by atoms with Crippen LogP contribution in [0.15, 0.2) is 60.0 Å². The summed E-state index contributed by atoms with van der Waals surface area (Å²) in [4.78, 5) is 6.30.